The molecule has 0 spiro atoms. The Hall–Kier alpha value is -0.610. The van der Waals surface area contributed by atoms with E-state index >= 15 is 0 Å². The van der Waals surface area contributed by atoms with Gasteiger partial charge in [0.1, 0.15) is 0 Å². The number of carbonyl (C=O) groups excluding carboxylic acids is 1. The Balaban J connectivity index is 1.39. The minimum atomic E-state index is 0.0879. The van der Waals surface area contributed by atoms with Crippen molar-refractivity contribution in [3.8, 4) is 0 Å². The molecule has 4 rings (SSSR count). The minimum Gasteiger partial charge on any atom is -0.378 e. The van der Waals surface area contributed by atoms with Gasteiger partial charge in [0.25, 0.3) is 0 Å². The maximum absolute atomic E-state index is 12.4. The Morgan fingerprint density at radius 3 is 2.84 bits per heavy atom. The molecule has 4 atom stereocenters. The minimum absolute atomic E-state index is 0.0879. The van der Waals surface area contributed by atoms with Crippen molar-refractivity contribution >= 4 is 5.91 Å². The number of fused-ring (bicyclic) bond motifs is 1. The van der Waals surface area contributed by atoms with E-state index < -0.39 is 0 Å². The molecular formula is C15H24N2O2. The second-order valence-electron chi connectivity index (χ2n) is 6.67. The highest BCUT2D eigenvalue weighted by atomic mass is 16.5. The molecule has 2 saturated heterocycles. The van der Waals surface area contributed by atoms with Crippen LogP contribution in [0.5, 0.6) is 0 Å². The second-order valence-corrected chi connectivity index (χ2v) is 6.67. The first-order valence-corrected chi connectivity index (χ1v) is 8.01. The predicted molar refractivity (Wildman–Crippen MR) is 71.8 cm³/mol. The molecule has 0 radical (unpaired) electrons. The summed E-state index contributed by atoms with van der Waals surface area (Å²) in [6, 6.07) is 1.17. The van der Waals surface area contributed by atoms with E-state index in [0.717, 1.165) is 19.6 Å². The van der Waals surface area contributed by atoms with Gasteiger partial charge in [-0.1, -0.05) is 0 Å². The van der Waals surface area contributed by atoms with Crippen molar-refractivity contribution in [1.82, 2.24) is 10.2 Å². The summed E-state index contributed by atoms with van der Waals surface area (Å²) in [5.41, 5.74) is 0. The van der Waals surface area contributed by atoms with Crippen molar-refractivity contribution in [2.24, 2.45) is 5.92 Å². The van der Waals surface area contributed by atoms with Crippen LogP contribution in [0.1, 0.15) is 44.9 Å². The SMILES string of the molecule is O=C1[C@H](N[C@@H]2CCC[C@@H]3OCC[C@H]32)CCN1C1CC1. The number of nitrogens with zero attached hydrogens (tertiary/aromatic N) is 1. The largest absolute Gasteiger partial charge is 0.378 e. The van der Waals surface area contributed by atoms with Crippen LogP contribution in [0.2, 0.25) is 0 Å². The predicted octanol–water partition coefficient (Wildman–Crippen LogP) is 1.30. The van der Waals surface area contributed by atoms with Gasteiger partial charge in [-0.2, -0.15) is 0 Å². The average Bonchev–Trinajstić information content (AvgIpc) is 3.02. The molecule has 2 aliphatic carbocycles. The third-order valence-electron chi connectivity index (χ3n) is 5.42. The number of carbonyl (C=O) groups is 1. The summed E-state index contributed by atoms with van der Waals surface area (Å²) in [4.78, 5) is 14.5. The van der Waals surface area contributed by atoms with Crippen LogP contribution in [0.25, 0.3) is 0 Å². The molecule has 0 aromatic carbocycles. The number of nitrogens with one attached hydrogen (secondary N) is 1. The number of amides is 1. The zero-order valence-electron chi connectivity index (χ0n) is 11.5. The lowest BCUT2D eigenvalue weighted by Gasteiger charge is -2.34. The van der Waals surface area contributed by atoms with Gasteiger partial charge in [-0.05, 0) is 44.9 Å². The summed E-state index contributed by atoms with van der Waals surface area (Å²) < 4.78 is 5.81. The molecule has 2 saturated carbocycles. The van der Waals surface area contributed by atoms with Gasteiger partial charge in [-0.15, -0.1) is 0 Å². The summed E-state index contributed by atoms with van der Waals surface area (Å²) in [5, 5.41) is 3.68. The zero-order chi connectivity index (χ0) is 12.8. The van der Waals surface area contributed by atoms with E-state index in [1.165, 1.54) is 38.5 Å². The fraction of sp³-hybridized carbons (Fsp3) is 0.933. The topological polar surface area (TPSA) is 41.6 Å². The molecule has 0 unspecified atom stereocenters. The zero-order valence-corrected chi connectivity index (χ0v) is 11.5. The van der Waals surface area contributed by atoms with Gasteiger partial charge in [-0.3, -0.25) is 4.79 Å². The Labute approximate surface area is 114 Å². The molecule has 0 aromatic rings. The van der Waals surface area contributed by atoms with Crippen molar-refractivity contribution in [2.75, 3.05) is 13.2 Å². The molecule has 0 aromatic heterocycles. The molecule has 2 aliphatic heterocycles. The van der Waals surface area contributed by atoms with Gasteiger partial charge in [-0.25, -0.2) is 0 Å². The van der Waals surface area contributed by atoms with Crippen molar-refractivity contribution < 1.29 is 9.53 Å². The van der Waals surface area contributed by atoms with Gasteiger partial charge >= 0.3 is 0 Å². The van der Waals surface area contributed by atoms with Crippen LogP contribution in [0.4, 0.5) is 0 Å². The first-order chi connectivity index (χ1) is 9.33. The highest BCUT2D eigenvalue weighted by Crippen LogP contribution is 2.36. The normalized spacial score (nSPS) is 42.7. The van der Waals surface area contributed by atoms with Crippen LogP contribution in [-0.2, 0) is 9.53 Å². The van der Waals surface area contributed by atoms with E-state index in [-0.39, 0.29) is 6.04 Å². The van der Waals surface area contributed by atoms with E-state index in [9.17, 15) is 4.79 Å². The van der Waals surface area contributed by atoms with Crippen LogP contribution in [0, 0.1) is 5.92 Å². The molecular weight excluding hydrogens is 240 g/mol. The highest BCUT2D eigenvalue weighted by Gasteiger charge is 2.43. The Morgan fingerprint density at radius 1 is 1.11 bits per heavy atom. The number of hydrogen-bond acceptors (Lipinski definition) is 3. The smallest absolute Gasteiger partial charge is 0.240 e. The highest BCUT2D eigenvalue weighted by molar-refractivity contribution is 5.84. The van der Waals surface area contributed by atoms with Crippen molar-refractivity contribution in [3.63, 3.8) is 0 Å². The van der Waals surface area contributed by atoms with E-state index in [1.807, 2.05) is 0 Å². The van der Waals surface area contributed by atoms with Crippen LogP contribution < -0.4 is 5.32 Å². The molecule has 19 heavy (non-hydrogen) atoms. The maximum Gasteiger partial charge on any atom is 0.240 e. The van der Waals surface area contributed by atoms with Gasteiger partial charge in [0.05, 0.1) is 12.1 Å². The molecule has 106 valence electrons. The summed E-state index contributed by atoms with van der Waals surface area (Å²) in [7, 11) is 0. The van der Waals surface area contributed by atoms with Gasteiger partial charge in [0, 0.05) is 31.2 Å². The number of likely N-dealkylation sites (tertiary alicyclic amines) is 1. The summed E-state index contributed by atoms with van der Waals surface area (Å²) in [6.45, 7) is 1.89. The van der Waals surface area contributed by atoms with E-state index in [0.29, 0.717) is 30.0 Å². The van der Waals surface area contributed by atoms with E-state index in [2.05, 4.69) is 10.2 Å². The van der Waals surface area contributed by atoms with Gasteiger partial charge in [0.15, 0.2) is 0 Å². The number of hydrogen-bond donors (Lipinski definition) is 1. The molecule has 0 bridgehead atoms. The van der Waals surface area contributed by atoms with Crippen LogP contribution >= 0.6 is 0 Å². The summed E-state index contributed by atoms with van der Waals surface area (Å²) in [5.74, 6) is 1.01. The molecule has 4 nitrogen and oxygen atoms in total. The lowest BCUT2D eigenvalue weighted by molar-refractivity contribution is -0.130. The molecule has 4 fully saturated rings. The first kappa shape index (κ1) is 12.2. The second kappa shape index (κ2) is 4.74. The fourth-order valence-electron chi connectivity index (χ4n) is 4.25. The molecule has 4 heteroatoms. The molecule has 4 aliphatic rings. The molecule has 1 N–H and O–H groups in total. The third kappa shape index (κ3) is 2.19. The monoisotopic (exact) mass is 264 g/mol. The van der Waals surface area contributed by atoms with Crippen molar-refractivity contribution in [3.05, 3.63) is 0 Å². The quantitative estimate of drug-likeness (QED) is 0.835. The third-order valence-corrected chi connectivity index (χ3v) is 5.42. The van der Waals surface area contributed by atoms with Crippen LogP contribution in [0.3, 0.4) is 0 Å². The Morgan fingerprint density at radius 2 is 2.00 bits per heavy atom. The lowest BCUT2D eigenvalue weighted by atomic mass is 9.81. The van der Waals surface area contributed by atoms with Gasteiger partial charge in [0.2, 0.25) is 5.91 Å². The van der Waals surface area contributed by atoms with Crippen molar-refractivity contribution in [2.45, 2.75) is 69.2 Å². The number of ether oxygens (including phenoxy) is 1. The standard InChI is InChI=1S/C15H24N2O2/c18-15-13(6-8-17(15)10-4-5-10)16-12-2-1-3-14-11(12)7-9-19-14/h10-14,16H,1-9H2/t11-,12+,13+,14-/m0/s1. The summed E-state index contributed by atoms with van der Waals surface area (Å²) in [6.07, 6.45) is 8.77. The first-order valence-electron chi connectivity index (χ1n) is 8.01. The van der Waals surface area contributed by atoms with E-state index in [4.69, 9.17) is 4.74 Å². The Kier molecular flexibility index (Phi) is 3.03. The van der Waals surface area contributed by atoms with Gasteiger partial charge < -0.3 is 15.0 Å². The lowest BCUT2D eigenvalue weighted by Crippen LogP contribution is -2.50. The summed E-state index contributed by atoms with van der Waals surface area (Å²) >= 11 is 0. The maximum atomic E-state index is 12.4. The molecule has 2 heterocycles. The van der Waals surface area contributed by atoms with Crippen molar-refractivity contribution in [1.29, 1.82) is 0 Å². The fourth-order valence-corrected chi connectivity index (χ4v) is 4.25. The average molecular weight is 264 g/mol. The van der Waals surface area contributed by atoms with Crippen LogP contribution in [0.15, 0.2) is 0 Å². The Bertz CT molecular complexity index is 369. The van der Waals surface area contributed by atoms with E-state index in [1.54, 1.807) is 0 Å². The molecule has 1 amide bonds. The van der Waals surface area contributed by atoms with Crippen LogP contribution in [-0.4, -0.2) is 48.2 Å². The number of rotatable bonds is 3.